The summed E-state index contributed by atoms with van der Waals surface area (Å²) in [5.74, 6) is 0.584. The van der Waals surface area contributed by atoms with Gasteiger partial charge in [-0.2, -0.15) is 0 Å². The summed E-state index contributed by atoms with van der Waals surface area (Å²) < 4.78 is 0. The third-order valence-electron chi connectivity index (χ3n) is 3.53. The first-order valence-electron chi connectivity index (χ1n) is 5.89. The van der Waals surface area contributed by atoms with E-state index in [2.05, 4.69) is 51.1 Å². The summed E-state index contributed by atoms with van der Waals surface area (Å²) in [7, 11) is 0. The van der Waals surface area contributed by atoms with E-state index in [1.165, 1.54) is 5.56 Å². The summed E-state index contributed by atoms with van der Waals surface area (Å²) in [5.41, 5.74) is 7.67. The van der Waals surface area contributed by atoms with Crippen molar-refractivity contribution in [1.82, 2.24) is 0 Å². The molecule has 1 rings (SSSR count). The zero-order valence-electron chi connectivity index (χ0n) is 10.2. The van der Waals surface area contributed by atoms with E-state index in [1.54, 1.807) is 0 Å². The quantitative estimate of drug-likeness (QED) is 0.783. The van der Waals surface area contributed by atoms with Crippen LogP contribution in [0.2, 0.25) is 0 Å². The third kappa shape index (κ3) is 3.67. The summed E-state index contributed by atoms with van der Waals surface area (Å²) in [4.78, 5) is 0. The second-order valence-electron chi connectivity index (χ2n) is 4.80. The molecule has 0 spiro atoms. The highest BCUT2D eigenvalue weighted by atomic mass is 14.7. The van der Waals surface area contributed by atoms with Crippen molar-refractivity contribution in [2.24, 2.45) is 11.7 Å². The van der Waals surface area contributed by atoms with E-state index < -0.39 is 0 Å². The Bertz CT molecular complexity index is 277. The van der Waals surface area contributed by atoms with Crippen molar-refractivity contribution in [1.29, 1.82) is 0 Å². The number of rotatable bonds is 5. The minimum Gasteiger partial charge on any atom is -0.325 e. The lowest BCUT2D eigenvalue weighted by Crippen LogP contribution is -2.43. The maximum absolute atomic E-state index is 6.32. The summed E-state index contributed by atoms with van der Waals surface area (Å²) in [5, 5.41) is 0. The Morgan fingerprint density at radius 2 is 1.87 bits per heavy atom. The van der Waals surface area contributed by atoms with E-state index in [4.69, 9.17) is 5.73 Å². The number of aryl methyl sites for hydroxylation is 1. The molecule has 15 heavy (non-hydrogen) atoms. The Hall–Kier alpha value is -0.820. The highest BCUT2D eigenvalue weighted by Gasteiger charge is 2.24. The van der Waals surface area contributed by atoms with E-state index in [0.717, 1.165) is 19.3 Å². The summed E-state index contributed by atoms with van der Waals surface area (Å²) in [6, 6.07) is 10.6. The maximum Gasteiger partial charge on any atom is 0.0154 e. The van der Waals surface area contributed by atoms with Gasteiger partial charge in [-0.1, -0.05) is 50.6 Å². The molecule has 0 bridgehead atoms. The third-order valence-corrected chi connectivity index (χ3v) is 3.53. The zero-order valence-corrected chi connectivity index (χ0v) is 10.2. The molecular formula is C14H23N. The van der Waals surface area contributed by atoms with Gasteiger partial charge in [0.15, 0.2) is 0 Å². The van der Waals surface area contributed by atoms with Gasteiger partial charge in [-0.25, -0.2) is 0 Å². The fourth-order valence-corrected chi connectivity index (χ4v) is 1.77. The molecule has 1 nitrogen and oxygen atoms in total. The van der Waals surface area contributed by atoms with Gasteiger partial charge >= 0.3 is 0 Å². The highest BCUT2D eigenvalue weighted by Crippen LogP contribution is 2.22. The largest absolute Gasteiger partial charge is 0.325 e. The standard InChI is InChI=1S/C14H23N/c1-4-12(2)14(3,15)11-10-13-8-6-5-7-9-13/h5-9,12H,4,10-11,15H2,1-3H3. The van der Waals surface area contributed by atoms with Crippen molar-refractivity contribution < 1.29 is 0 Å². The van der Waals surface area contributed by atoms with Gasteiger partial charge in [0.25, 0.3) is 0 Å². The van der Waals surface area contributed by atoms with E-state index >= 15 is 0 Å². The molecule has 2 unspecified atom stereocenters. The summed E-state index contributed by atoms with van der Waals surface area (Å²) in [6.45, 7) is 6.62. The molecule has 84 valence electrons. The van der Waals surface area contributed by atoms with Crippen LogP contribution < -0.4 is 5.73 Å². The molecule has 0 fully saturated rings. The Morgan fingerprint density at radius 3 is 2.40 bits per heavy atom. The van der Waals surface area contributed by atoms with Crippen LogP contribution in [0.25, 0.3) is 0 Å². The monoisotopic (exact) mass is 205 g/mol. The molecule has 0 saturated carbocycles. The van der Waals surface area contributed by atoms with Crippen LogP contribution in [-0.2, 0) is 6.42 Å². The smallest absolute Gasteiger partial charge is 0.0154 e. The molecular weight excluding hydrogens is 182 g/mol. The first kappa shape index (κ1) is 12.3. The molecule has 0 aliphatic rings. The lowest BCUT2D eigenvalue weighted by Gasteiger charge is -2.31. The van der Waals surface area contributed by atoms with Gasteiger partial charge in [0.2, 0.25) is 0 Å². The summed E-state index contributed by atoms with van der Waals surface area (Å²) >= 11 is 0. The maximum atomic E-state index is 6.32. The van der Waals surface area contributed by atoms with Crippen molar-refractivity contribution in [3.63, 3.8) is 0 Å². The predicted octanol–water partition coefficient (Wildman–Crippen LogP) is 3.38. The van der Waals surface area contributed by atoms with Crippen LogP contribution in [0.15, 0.2) is 30.3 Å². The van der Waals surface area contributed by atoms with Crippen LogP contribution in [0, 0.1) is 5.92 Å². The second-order valence-corrected chi connectivity index (χ2v) is 4.80. The van der Waals surface area contributed by atoms with Crippen LogP contribution in [0.4, 0.5) is 0 Å². The minimum atomic E-state index is -0.0371. The first-order chi connectivity index (χ1) is 7.06. The van der Waals surface area contributed by atoms with Crippen LogP contribution >= 0.6 is 0 Å². The number of hydrogen-bond donors (Lipinski definition) is 1. The fourth-order valence-electron chi connectivity index (χ4n) is 1.77. The molecule has 0 amide bonds. The Balaban J connectivity index is 2.49. The second kappa shape index (κ2) is 5.32. The van der Waals surface area contributed by atoms with Gasteiger partial charge in [0.05, 0.1) is 0 Å². The minimum absolute atomic E-state index is 0.0371. The molecule has 2 N–H and O–H groups in total. The lowest BCUT2D eigenvalue weighted by molar-refractivity contribution is 0.289. The number of nitrogens with two attached hydrogens (primary N) is 1. The SMILES string of the molecule is CCC(C)C(C)(N)CCc1ccccc1. The van der Waals surface area contributed by atoms with Gasteiger partial charge < -0.3 is 5.73 Å². The van der Waals surface area contributed by atoms with E-state index in [9.17, 15) is 0 Å². The Labute approximate surface area is 93.7 Å². The average molecular weight is 205 g/mol. The van der Waals surface area contributed by atoms with E-state index in [-0.39, 0.29) is 5.54 Å². The van der Waals surface area contributed by atoms with Crippen molar-refractivity contribution in [3.8, 4) is 0 Å². The van der Waals surface area contributed by atoms with Crippen LogP contribution in [0.1, 0.15) is 39.2 Å². The van der Waals surface area contributed by atoms with Crippen LogP contribution in [0.5, 0.6) is 0 Å². The van der Waals surface area contributed by atoms with Crippen LogP contribution in [0.3, 0.4) is 0 Å². The van der Waals surface area contributed by atoms with Crippen molar-refractivity contribution in [3.05, 3.63) is 35.9 Å². The van der Waals surface area contributed by atoms with E-state index in [1.807, 2.05) is 0 Å². The molecule has 1 aromatic carbocycles. The molecule has 0 aliphatic heterocycles. The average Bonchev–Trinajstić information content (AvgIpc) is 2.27. The van der Waals surface area contributed by atoms with Gasteiger partial charge in [0, 0.05) is 5.54 Å². The summed E-state index contributed by atoms with van der Waals surface area (Å²) in [6.07, 6.45) is 3.30. The molecule has 1 aromatic rings. The molecule has 1 heteroatoms. The molecule has 2 atom stereocenters. The van der Waals surface area contributed by atoms with Crippen molar-refractivity contribution in [2.75, 3.05) is 0 Å². The van der Waals surface area contributed by atoms with Gasteiger partial charge in [-0.15, -0.1) is 0 Å². The first-order valence-corrected chi connectivity index (χ1v) is 5.89. The highest BCUT2D eigenvalue weighted by molar-refractivity contribution is 5.15. The van der Waals surface area contributed by atoms with Gasteiger partial charge in [-0.3, -0.25) is 0 Å². The molecule has 0 heterocycles. The van der Waals surface area contributed by atoms with Crippen molar-refractivity contribution >= 4 is 0 Å². The lowest BCUT2D eigenvalue weighted by atomic mass is 9.81. The zero-order chi connectivity index (χ0) is 11.3. The fraction of sp³-hybridized carbons (Fsp3) is 0.571. The van der Waals surface area contributed by atoms with E-state index in [0.29, 0.717) is 5.92 Å². The van der Waals surface area contributed by atoms with Gasteiger partial charge in [-0.05, 0) is 31.2 Å². The molecule has 0 aromatic heterocycles. The number of benzene rings is 1. The molecule has 0 radical (unpaired) electrons. The Morgan fingerprint density at radius 1 is 1.27 bits per heavy atom. The Kier molecular flexibility index (Phi) is 4.34. The molecule has 0 aliphatic carbocycles. The molecule has 0 saturated heterocycles. The van der Waals surface area contributed by atoms with Crippen molar-refractivity contribution in [2.45, 2.75) is 45.6 Å². The normalized spacial score (nSPS) is 17.1. The van der Waals surface area contributed by atoms with Gasteiger partial charge in [0.1, 0.15) is 0 Å². The predicted molar refractivity (Wildman–Crippen MR) is 66.8 cm³/mol. The van der Waals surface area contributed by atoms with Crippen LogP contribution in [-0.4, -0.2) is 5.54 Å². The number of hydrogen-bond acceptors (Lipinski definition) is 1. The topological polar surface area (TPSA) is 26.0 Å².